The molecule has 10 heteroatoms. The molecule has 0 bridgehead atoms. The zero-order chi connectivity index (χ0) is 46.0. The van der Waals surface area contributed by atoms with Gasteiger partial charge in [0, 0.05) is 19.4 Å². The van der Waals surface area contributed by atoms with Gasteiger partial charge in [0.1, 0.15) is 6.61 Å². The van der Waals surface area contributed by atoms with Crippen LogP contribution in [0.4, 0.5) is 0 Å². The SMILES string of the molecule is CC/C=C\C/C=C\C/C=C\C/C=C\C/C=C\CCCCCCCCCCCCCC(=O)OC(COC(=O)CCCCCCC/C=C\C/C=C\CCCCC)COP(=O)(O)OCCN. The molecule has 0 radical (unpaired) electrons. The van der Waals surface area contributed by atoms with E-state index in [1.807, 2.05) is 0 Å². The molecular weight excluding hydrogens is 810 g/mol. The first-order valence-corrected chi connectivity index (χ1v) is 26.6. The molecule has 0 saturated heterocycles. The second kappa shape index (κ2) is 48.6. The van der Waals surface area contributed by atoms with Crippen LogP contribution < -0.4 is 5.73 Å². The maximum atomic E-state index is 12.6. The number of carbonyl (C=O) groups is 2. The molecule has 63 heavy (non-hydrogen) atoms. The lowest BCUT2D eigenvalue weighted by Crippen LogP contribution is -2.29. The number of hydrogen-bond donors (Lipinski definition) is 2. The van der Waals surface area contributed by atoms with E-state index in [0.29, 0.717) is 12.8 Å². The molecule has 0 aliphatic heterocycles. The number of carbonyl (C=O) groups excluding carboxylic acids is 2. The van der Waals surface area contributed by atoms with Crippen LogP contribution in [0.1, 0.15) is 206 Å². The van der Waals surface area contributed by atoms with Crippen LogP contribution in [0.15, 0.2) is 85.1 Å². The number of nitrogens with two attached hydrogens (primary N) is 1. The molecule has 0 aliphatic rings. The summed E-state index contributed by atoms with van der Waals surface area (Å²) in [5, 5.41) is 0. The van der Waals surface area contributed by atoms with Gasteiger partial charge in [0.2, 0.25) is 0 Å². The van der Waals surface area contributed by atoms with Gasteiger partial charge in [-0.15, -0.1) is 0 Å². The zero-order valence-electron chi connectivity index (χ0n) is 40.0. The molecule has 0 fully saturated rings. The number of rotatable bonds is 46. The van der Waals surface area contributed by atoms with E-state index < -0.39 is 32.5 Å². The molecule has 0 aromatic carbocycles. The van der Waals surface area contributed by atoms with Crippen molar-refractivity contribution in [3.63, 3.8) is 0 Å². The third kappa shape index (κ3) is 48.5. The van der Waals surface area contributed by atoms with Crippen molar-refractivity contribution in [2.75, 3.05) is 26.4 Å². The van der Waals surface area contributed by atoms with Gasteiger partial charge < -0.3 is 20.1 Å². The van der Waals surface area contributed by atoms with Gasteiger partial charge >= 0.3 is 19.8 Å². The average Bonchev–Trinajstić information content (AvgIpc) is 3.27. The van der Waals surface area contributed by atoms with E-state index in [-0.39, 0.29) is 32.6 Å². The van der Waals surface area contributed by atoms with E-state index in [1.54, 1.807) is 0 Å². The highest BCUT2D eigenvalue weighted by Crippen LogP contribution is 2.43. The molecular formula is C53H92NO8P. The number of ether oxygens (including phenoxy) is 2. The highest BCUT2D eigenvalue weighted by Gasteiger charge is 2.26. The van der Waals surface area contributed by atoms with Crippen LogP contribution >= 0.6 is 7.82 Å². The molecule has 0 amide bonds. The van der Waals surface area contributed by atoms with Gasteiger partial charge in [-0.25, -0.2) is 4.57 Å². The second-order valence-corrected chi connectivity index (χ2v) is 17.8. The van der Waals surface area contributed by atoms with Gasteiger partial charge in [-0.2, -0.15) is 0 Å². The number of unbranched alkanes of at least 4 members (excludes halogenated alkanes) is 19. The van der Waals surface area contributed by atoms with Crippen molar-refractivity contribution in [2.24, 2.45) is 5.73 Å². The summed E-state index contributed by atoms with van der Waals surface area (Å²) in [5.41, 5.74) is 5.36. The van der Waals surface area contributed by atoms with E-state index in [4.69, 9.17) is 24.3 Å². The summed E-state index contributed by atoms with van der Waals surface area (Å²) in [4.78, 5) is 35.0. The largest absolute Gasteiger partial charge is 0.472 e. The first-order chi connectivity index (χ1) is 30.8. The van der Waals surface area contributed by atoms with E-state index in [2.05, 4.69) is 98.9 Å². The highest BCUT2D eigenvalue weighted by atomic mass is 31.2. The molecule has 0 aliphatic carbocycles. The number of esters is 2. The first kappa shape index (κ1) is 60.2. The molecule has 0 saturated carbocycles. The van der Waals surface area contributed by atoms with E-state index in [9.17, 15) is 19.0 Å². The Morgan fingerprint density at radius 2 is 0.873 bits per heavy atom. The van der Waals surface area contributed by atoms with Crippen LogP contribution in [-0.4, -0.2) is 49.3 Å². The van der Waals surface area contributed by atoms with Crippen molar-refractivity contribution < 1.29 is 37.6 Å². The number of phosphoric ester groups is 1. The van der Waals surface area contributed by atoms with Crippen LogP contribution in [0.5, 0.6) is 0 Å². The monoisotopic (exact) mass is 902 g/mol. The topological polar surface area (TPSA) is 134 Å². The molecule has 0 rings (SSSR count). The van der Waals surface area contributed by atoms with Crippen molar-refractivity contribution in [3.8, 4) is 0 Å². The molecule has 0 heterocycles. The van der Waals surface area contributed by atoms with Gasteiger partial charge in [0.15, 0.2) is 6.10 Å². The Labute approximate surface area is 385 Å². The minimum atomic E-state index is -4.39. The van der Waals surface area contributed by atoms with Crippen LogP contribution in [0.3, 0.4) is 0 Å². The van der Waals surface area contributed by atoms with Crippen molar-refractivity contribution in [1.29, 1.82) is 0 Å². The molecule has 2 unspecified atom stereocenters. The molecule has 0 aromatic heterocycles. The number of phosphoric acid groups is 1. The summed E-state index contributed by atoms with van der Waals surface area (Å²) in [6, 6.07) is 0. The Balaban J connectivity index is 4.06. The van der Waals surface area contributed by atoms with Crippen molar-refractivity contribution in [2.45, 2.75) is 213 Å². The van der Waals surface area contributed by atoms with Crippen LogP contribution in [0.2, 0.25) is 0 Å². The van der Waals surface area contributed by atoms with E-state index >= 15 is 0 Å². The smallest absolute Gasteiger partial charge is 0.462 e. The minimum absolute atomic E-state index is 0.0472. The molecule has 9 nitrogen and oxygen atoms in total. The number of hydrogen-bond acceptors (Lipinski definition) is 8. The number of allylic oxidation sites excluding steroid dienone is 14. The van der Waals surface area contributed by atoms with E-state index in [1.165, 1.54) is 70.6 Å². The summed E-state index contributed by atoms with van der Waals surface area (Å²) in [7, 11) is -4.39. The fraction of sp³-hybridized carbons (Fsp3) is 0.698. The molecule has 3 N–H and O–H groups in total. The fourth-order valence-corrected chi connectivity index (χ4v) is 7.34. The summed E-state index contributed by atoms with van der Waals surface area (Å²) in [6.45, 7) is 3.57. The second-order valence-electron chi connectivity index (χ2n) is 16.3. The van der Waals surface area contributed by atoms with Crippen LogP contribution in [0, 0.1) is 0 Å². The summed E-state index contributed by atoms with van der Waals surface area (Å²) in [5.74, 6) is -0.851. The Hall–Kier alpha value is -2.81. The van der Waals surface area contributed by atoms with Crippen molar-refractivity contribution >= 4 is 19.8 Å². The Morgan fingerprint density at radius 3 is 1.30 bits per heavy atom. The van der Waals surface area contributed by atoms with Crippen LogP contribution in [0.25, 0.3) is 0 Å². The molecule has 362 valence electrons. The predicted molar refractivity (Wildman–Crippen MR) is 265 cm³/mol. The normalized spacial score (nSPS) is 13.9. The highest BCUT2D eigenvalue weighted by molar-refractivity contribution is 7.47. The van der Waals surface area contributed by atoms with E-state index in [0.717, 1.165) is 96.3 Å². The standard InChI is InChI=1S/C53H92NO8P/c1-3-5-7-9-11-13-15-17-19-20-21-22-23-24-25-26-27-28-29-30-32-34-36-38-40-42-44-46-53(56)62-51(50-61-63(57,58)60-48-47-54)49-59-52(55)45-43-41-39-37-35-33-31-18-16-14-12-10-8-6-4-2/h5,7,11-14,17-19,21-22,24-25,31,51H,3-4,6,8-10,15-16,20,23,26-30,32-50,54H2,1-2H3,(H,57,58)/b7-5-,13-11-,14-12-,19-17-,22-21-,25-24-,31-18-. The third-order valence-electron chi connectivity index (χ3n) is 10.3. The van der Waals surface area contributed by atoms with Crippen molar-refractivity contribution in [1.82, 2.24) is 0 Å². The lowest BCUT2D eigenvalue weighted by Gasteiger charge is -2.19. The maximum absolute atomic E-state index is 12.6. The molecule has 0 aromatic rings. The Kier molecular flexibility index (Phi) is 46.5. The van der Waals surface area contributed by atoms with Gasteiger partial charge in [-0.3, -0.25) is 18.6 Å². The zero-order valence-corrected chi connectivity index (χ0v) is 40.9. The van der Waals surface area contributed by atoms with Gasteiger partial charge in [-0.1, -0.05) is 189 Å². The quantitative estimate of drug-likeness (QED) is 0.0265. The van der Waals surface area contributed by atoms with Gasteiger partial charge in [-0.05, 0) is 89.9 Å². The summed E-state index contributed by atoms with van der Waals surface area (Å²) < 4.78 is 32.9. The van der Waals surface area contributed by atoms with Crippen molar-refractivity contribution in [3.05, 3.63) is 85.1 Å². The summed E-state index contributed by atoms with van der Waals surface area (Å²) in [6.07, 6.45) is 61.9. The average molecular weight is 902 g/mol. The lowest BCUT2D eigenvalue weighted by molar-refractivity contribution is -0.161. The first-order valence-electron chi connectivity index (χ1n) is 25.1. The van der Waals surface area contributed by atoms with Gasteiger partial charge in [0.25, 0.3) is 0 Å². The maximum Gasteiger partial charge on any atom is 0.472 e. The van der Waals surface area contributed by atoms with Crippen LogP contribution in [-0.2, 0) is 32.7 Å². The van der Waals surface area contributed by atoms with Gasteiger partial charge in [0.05, 0.1) is 13.2 Å². The summed E-state index contributed by atoms with van der Waals surface area (Å²) >= 11 is 0. The Bertz CT molecular complexity index is 1300. The predicted octanol–water partition coefficient (Wildman–Crippen LogP) is 15.2. The Morgan fingerprint density at radius 1 is 0.492 bits per heavy atom. The lowest BCUT2D eigenvalue weighted by atomic mass is 10.0. The third-order valence-corrected chi connectivity index (χ3v) is 11.2. The minimum Gasteiger partial charge on any atom is -0.462 e. The molecule has 2 atom stereocenters. The molecule has 0 spiro atoms. The fourth-order valence-electron chi connectivity index (χ4n) is 6.57.